The molecule has 0 fully saturated rings. The summed E-state index contributed by atoms with van der Waals surface area (Å²) in [6, 6.07) is 2.64. The van der Waals surface area contributed by atoms with Gasteiger partial charge in [-0.25, -0.2) is 0 Å². The Labute approximate surface area is 105 Å². The molecule has 0 aromatic carbocycles. The summed E-state index contributed by atoms with van der Waals surface area (Å²) in [4.78, 5) is 23.0. The highest BCUT2D eigenvalue weighted by atomic mass is 16.2. The van der Waals surface area contributed by atoms with E-state index in [2.05, 4.69) is 20.8 Å². The maximum Gasteiger partial charge on any atom is 0.244 e. The zero-order valence-electron chi connectivity index (χ0n) is 10.4. The van der Waals surface area contributed by atoms with Gasteiger partial charge in [-0.15, -0.1) is 5.10 Å². The van der Waals surface area contributed by atoms with Gasteiger partial charge < -0.3 is 16.4 Å². The van der Waals surface area contributed by atoms with Crippen molar-refractivity contribution in [3.63, 3.8) is 0 Å². The number of amides is 2. The predicted octanol–water partition coefficient (Wildman–Crippen LogP) is -0.485. The number of nitrogens with one attached hydrogen (secondary N) is 2. The van der Waals surface area contributed by atoms with Gasteiger partial charge in [0, 0.05) is 6.20 Å². The van der Waals surface area contributed by atoms with E-state index in [1.807, 2.05) is 13.8 Å². The van der Waals surface area contributed by atoms with Crippen molar-refractivity contribution >= 4 is 17.6 Å². The summed E-state index contributed by atoms with van der Waals surface area (Å²) in [5.41, 5.74) is 5.63. The second-order valence-electron chi connectivity index (χ2n) is 4.14. The Morgan fingerprint density at radius 1 is 1.44 bits per heavy atom. The summed E-state index contributed by atoms with van der Waals surface area (Å²) >= 11 is 0. The molecule has 1 aromatic rings. The lowest BCUT2D eigenvalue weighted by Crippen LogP contribution is -2.46. The lowest BCUT2D eigenvalue weighted by Gasteiger charge is -2.14. The van der Waals surface area contributed by atoms with Gasteiger partial charge >= 0.3 is 0 Å². The van der Waals surface area contributed by atoms with E-state index in [1.54, 1.807) is 12.1 Å². The Balaban J connectivity index is 2.36. The van der Waals surface area contributed by atoms with E-state index in [0.29, 0.717) is 5.82 Å². The Morgan fingerprint density at radius 3 is 2.72 bits per heavy atom. The van der Waals surface area contributed by atoms with Crippen LogP contribution in [-0.2, 0) is 9.59 Å². The number of aromatic nitrogens is 2. The molecular weight excluding hydrogens is 234 g/mol. The molecular formula is C11H17N5O2. The summed E-state index contributed by atoms with van der Waals surface area (Å²) in [6.07, 6.45) is 1.50. The van der Waals surface area contributed by atoms with E-state index in [-0.39, 0.29) is 24.3 Å². The number of anilines is 1. The smallest absolute Gasteiger partial charge is 0.244 e. The predicted molar refractivity (Wildman–Crippen MR) is 66.5 cm³/mol. The van der Waals surface area contributed by atoms with Gasteiger partial charge in [0.05, 0.1) is 12.6 Å². The molecule has 98 valence electrons. The minimum absolute atomic E-state index is 0.0213. The van der Waals surface area contributed by atoms with Gasteiger partial charge in [0.2, 0.25) is 11.8 Å². The van der Waals surface area contributed by atoms with Crippen LogP contribution in [-0.4, -0.2) is 34.6 Å². The van der Waals surface area contributed by atoms with Gasteiger partial charge in [-0.2, -0.15) is 5.10 Å². The molecule has 7 heteroatoms. The van der Waals surface area contributed by atoms with Gasteiger partial charge in [-0.05, 0) is 18.1 Å². The third-order valence-electron chi connectivity index (χ3n) is 2.28. The van der Waals surface area contributed by atoms with Crippen LogP contribution in [0.1, 0.15) is 13.8 Å². The minimum atomic E-state index is -0.616. The standard InChI is InChI=1S/C11H17N5O2/c1-7(2)10(12)11(18)13-6-9(17)15-8-4-3-5-14-16-8/h3-5,7,10H,6,12H2,1-2H3,(H,13,18)(H,15,16,17)/t10-/m0/s1. The van der Waals surface area contributed by atoms with E-state index in [0.717, 1.165) is 0 Å². The number of nitrogens with zero attached hydrogens (tertiary/aromatic N) is 2. The van der Waals surface area contributed by atoms with E-state index in [1.165, 1.54) is 6.20 Å². The van der Waals surface area contributed by atoms with Crippen LogP contribution in [0.25, 0.3) is 0 Å². The van der Waals surface area contributed by atoms with Crippen molar-refractivity contribution < 1.29 is 9.59 Å². The van der Waals surface area contributed by atoms with E-state index in [4.69, 9.17) is 5.73 Å². The molecule has 0 saturated carbocycles. The average molecular weight is 251 g/mol. The fraction of sp³-hybridized carbons (Fsp3) is 0.455. The summed E-state index contributed by atoms with van der Waals surface area (Å²) in [5.74, 6) is -0.364. The van der Waals surface area contributed by atoms with Crippen LogP contribution in [0.4, 0.5) is 5.82 Å². The highest BCUT2D eigenvalue weighted by Crippen LogP contribution is 1.98. The third-order valence-corrected chi connectivity index (χ3v) is 2.28. The first-order valence-corrected chi connectivity index (χ1v) is 5.61. The molecule has 1 atom stereocenters. The third kappa shape index (κ3) is 4.46. The molecule has 0 aliphatic heterocycles. The van der Waals surface area contributed by atoms with Crippen molar-refractivity contribution in [3.8, 4) is 0 Å². The number of nitrogens with two attached hydrogens (primary N) is 1. The maximum absolute atomic E-state index is 11.5. The monoisotopic (exact) mass is 251 g/mol. The summed E-state index contributed by atoms with van der Waals surface area (Å²) in [5, 5.41) is 12.3. The van der Waals surface area contributed by atoms with Crippen molar-refractivity contribution in [1.82, 2.24) is 15.5 Å². The van der Waals surface area contributed by atoms with Crippen LogP contribution in [0.5, 0.6) is 0 Å². The van der Waals surface area contributed by atoms with E-state index >= 15 is 0 Å². The van der Waals surface area contributed by atoms with E-state index in [9.17, 15) is 9.59 Å². The number of rotatable bonds is 5. The molecule has 2 amide bonds. The summed E-state index contributed by atoms with van der Waals surface area (Å²) in [7, 11) is 0. The molecule has 0 aliphatic rings. The zero-order valence-corrected chi connectivity index (χ0v) is 10.4. The maximum atomic E-state index is 11.5. The molecule has 0 spiro atoms. The molecule has 18 heavy (non-hydrogen) atoms. The van der Waals surface area contributed by atoms with Gasteiger partial charge in [-0.3, -0.25) is 9.59 Å². The van der Waals surface area contributed by atoms with Crippen molar-refractivity contribution in [2.75, 3.05) is 11.9 Å². The fourth-order valence-electron chi connectivity index (χ4n) is 1.14. The first-order chi connectivity index (χ1) is 8.50. The highest BCUT2D eigenvalue weighted by molar-refractivity contribution is 5.94. The van der Waals surface area contributed by atoms with Crippen molar-refractivity contribution in [2.45, 2.75) is 19.9 Å². The second-order valence-corrected chi connectivity index (χ2v) is 4.14. The molecule has 1 rings (SSSR count). The normalized spacial score (nSPS) is 12.0. The fourth-order valence-corrected chi connectivity index (χ4v) is 1.14. The summed E-state index contributed by atoms with van der Waals surface area (Å²) in [6.45, 7) is 3.53. The van der Waals surface area contributed by atoms with Crippen molar-refractivity contribution in [1.29, 1.82) is 0 Å². The quantitative estimate of drug-likeness (QED) is 0.654. The molecule has 0 bridgehead atoms. The molecule has 1 heterocycles. The van der Waals surface area contributed by atoms with Gasteiger partial charge in [0.1, 0.15) is 0 Å². The topological polar surface area (TPSA) is 110 Å². The molecule has 0 aliphatic carbocycles. The van der Waals surface area contributed by atoms with Crippen LogP contribution >= 0.6 is 0 Å². The van der Waals surface area contributed by atoms with Crippen LogP contribution in [0.15, 0.2) is 18.3 Å². The Kier molecular flexibility index (Phi) is 5.19. The second kappa shape index (κ2) is 6.65. The first-order valence-electron chi connectivity index (χ1n) is 5.61. The molecule has 0 saturated heterocycles. The number of carbonyl (C=O) groups is 2. The molecule has 0 unspecified atom stereocenters. The minimum Gasteiger partial charge on any atom is -0.346 e. The largest absolute Gasteiger partial charge is 0.346 e. The van der Waals surface area contributed by atoms with Crippen LogP contribution in [0.3, 0.4) is 0 Å². The molecule has 1 aromatic heterocycles. The van der Waals surface area contributed by atoms with E-state index < -0.39 is 6.04 Å². The van der Waals surface area contributed by atoms with Gasteiger partial charge in [0.15, 0.2) is 5.82 Å². The van der Waals surface area contributed by atoms with Crippen LogP contribution < -0.4 is 16.4 Å². The highest BCUT2D eigenvalue weighted by Gasteiger charge is 2.17. The molecule has 7 nitrogen and oxygen atoms in total. The zero-order chi connectivity index (χ0) is 13.5. The Bertz CT molecular complexity index is 407. The lowest BCUT2D eigenvalue weighted by atomic mass is 10.1. The molecule has 0 radical (unpaired) electrons. The van der Waals surface area contributed by atoms with Crippen LogP contribution in [0, 0.1) is 5.92 Å². The van der Waals surface area contributed by atoms with Gasteiger partial charge in [-0.1, -0.05) is 13.8 Å². The Hall–Kier alpha value is -2.02. The summed E-state index contributed by atoms with van der Waals surface area (Å²) < 4.78 is 0. The van der Waals surface area contributed by atoms with Crippen molar-refractivity contribution in [2.24, 2.45) is 11.7 Å². The number of hydrogen-bond acceptors (Lipinski definition) is 5. The SMILES string of the molecule is CC(C)[C@H](N)C(=O)NCC(=O)Nc1cccnn1. The first kappa shape index (κ1) is 14.0. The Morgan fingerprint density at radius 2 is 2.17 bits per heavy atom. The number of carbonyl (C=O) groups excluding carboxylic acids is 2. The number of hydrogen-bond donors (Lipinski definition) is 3. The molecule has 4 N–H and O–H groups in total. The van der Waals surface area contributed by atoms with Gasteiger partial charge in [0.25, 0.3) is 0 Å². The average Bonchev–Trinajstić information content (AvgIpc) is 2.36. The lowest BCUT2D eigenvalue weighted by molar-refractivity contribution is -0.125. The van der Waals surface area contributed by atoms with Crippen LogP contribution in [0.2, 0.25) is 0 Å². The van der Waals surface area contributed by atoms with Crippen molar-refractivity contribution in [3.05, 3.63) is 18.3 Å².